The van der Waals surface area contributed by atoms with Gasteiger partial charge in [-0.15, -0.1) is 0 Å². The first-order valence-electron chi connectivity index (χ1n) is 9.91. The van der Waals surface area contributed by atoms with Crippen molar-refractivity contribution in [1.29, 1.82) is 0 Å². The van der Waals surface area contributed by atoms with E-state index in [0.29, 0.717) is 31.7 Å². The SMILES string of the molecule is CCCN1C(=O)/C(=C\c2cc(I)c(OCC(=O)O)c(OC)c2)SC1=Nc1ccc(C)cc1. The normalized spacial score (nSPS) is 16.1. The van der Waals surface area contributed by atoms with E-state index in [0.717, 1.165) is 23.2 Å². The highest BCUT2D eigenvalue weighted by molar-refractivity contribution is 14.1. The van der Waals surface area contributed by atoms with E-state index in [1.165, 1.54) is 18.9 Å². The van der Waals surface area contributed by atoms with E-state index in [1.54, 1.807) is 17.0 Å². The molecule has 3 rings (SSSR count). The van der Waals surface area contributed by atoms with Crippen LogP contribution in [0.1, 0.15) is 24.5 Å². The van der Waals surface area contributed by atoms with Crippen molar-refractivity contribution in [3.63, 3.8) is 0 Å². The van der Waals surface area contributed by atoms with E-state index in [4.69, 9.17) is 14.6 Å². The van der Waals surface area contributed by atoms with Gasteiger partial charge in [-0.3, -0.25) is 9.69 Å². The molecule has 0 bridgehead atoms. The molecule has 2 aromatic rings. The van der Waals surface area contributed by atoms with Gasteiger partial charge in [-0.05, 0) is 83.6 Å². The van der Waals surface area contributed by atoms with Gasteiger partial charge in [-0.2, -0.15) is 0 Å². The molecule has 1 N–H and O–H groups in total. The zero-order valence-electron chi connectivity index (χ0n) is 17.9. The molecule has 0 radical (unpaired) electrons. The van der Waals surface area contributed by atoms with Gasteiger partial charge in [-0.1, -0.05) is 24.6 Å². The van der Waals surface area contributed by atoms with Gasteiger partial charge in [0.15, 0.2) is 23.3 Å². The Morgan fingerprint density at radius 1 is 1.28 bits per heavy atom. The molecule has 0 aromatic heterocycles. The number of carboxylic acid groups (broad SMARTS) is 1. The maximum absolute atomic E-state index is 13.1. The molecule has 0 unspecified atom stereocenters. The predicted molar refractivity (Wildman–Crippen MR) is 135 cm³/mol. The summed E-state index contributed by atoms with van der Waals surface area (Å²) in [6.07, 6.45) is 2.60. The maximum atomic E-state index is 13.1. The maximum Gasteiger partial charge on any atom is 0.341 e. The number of amidine groups is 1. The fraction of sp³-hybridized carbons (Fsp3) is 0.261. The standard InChI is InChI=1S/C23H23IN2O5S/c1-4-9-26-22(29)19(32-23(26)25-16-7-5-14(2)6-8-16)12-15-10-17(24)21(18(11-15)30-3)31-13-20(27)28/h5-8,10-12H,4,9,13H2,1-3H3,(H,27,28)/b19-12+,25-23?. The molecule has 0 spiro atoms. The number of aryl methyl sites for hydroxylation is 1. The summed E-state index contributed by atoms with van der Waals surface area (Å²) in [6, 6.07) is 11.4. The lowest BCUT2D eigenvalue weighted by Crippen LogP contribution is -2.29. The quantitative estimate of drug-likeness (QED) is 0.354. The predicted octanol–water partition coefficient (Wildman–Crippen LogP) is 5.09. The molecule has 1 fully saturated rings. The number of methoxy groups -OCH3 is 1. The highest BCUT2D eigenvalue weighted by Gasteiger charge is 2.33. The number of carbonyl (C=O) groups is 2. The monoisotopic (exact) mass is 566 g/mol. The van der Waals surface area contributed by atoms with E-state index in [2.05, 4.69) is 27.6 Å². The summed E-state index contributed by atoms with van der Waals surface area (Å²) in [6.45, 7) is 4.15. The van der Waals surface area contributed by atoms with Gasteiger partial charge >= 0.3 is 5.97 Å². The molecule has 0 atom stereocenters. The molecule has 1 saturated heterocycles. The largest absolute Gasteiger partial charge is 0.493 e. The smallest absolute Gasteiger partial charge is 0.341 e. The van der Waals surface area contributed by atoms with Crippen molar-refractivity contribution >= 4 is 63.2 Å². The van der Waals surface area contributed by atoms with E-state index in [1.807, 2.05) is 44.2 Å². The Bertz CT molecular complexity index is 1080. The van der Waals surface area contributed by atoms with Crippen molar-refractivity contribution in [3.8, 4) is 11.5 Å². The second kappa shape index (κ2) is 10.9. The van der Waals surface area contributed by atoms with Gasteiger partial charge in [0, 0.05) is 6.54 Å². The number of ether oxygens (including phenoxy) is 2. The van der Waals surface area contributed by atoms with Gasteiger partial charge in [0.1, 0.15) is 0 Å². The molecule has 0 aliphatic carbocycles. The van der Waals surface area contributed by atoms with Crippen LogP contribution in [0.15, 0.2) is 46.3 Å². The van der Waals surface area contributed by atoms with E-state index in [9.17, 15) is 9.59 Å². The molecule has 168 valence electrons. The van der Waals surface area contributed by atoms with E-state index < -0.39 is 12.6 Å². The van der Waals surface area contributed by atoms with Gasteiger partial charge in [-0.25, -0.2) is 9.79 Å². The summed E-state index contributed by atoms with van der Waals surface area (Å²) >= 11 is 3.39. The van der Waals surface area contributed by atoms with Gasteiger partial charge in [0.05, 0.1) is 21.3 Å². The minimum absolute atomic E-state index is 0.0945. The van der Waals surface area contributed by atoms with Crippen LogP contribution in [0.25, 0.3) is 6.08 Å². The van der Waals surface area contributed by atoms with E-state index >= 15 is 0 Å². The van der Waals surface area contributed by atoms with Crippen molar-refractivity contribution in [3.05, 3.63) is 56.0 Å². The first-order valence-corrected chi connectivity index (χ1v) is 11.8. The second-order valence-electron chi connectivity index (χ2n) is 7.01. The number of rotatable bonds is 8. The van der Waals surface area contributed by atoms with Crippen LogP contribution in [0.5, 0.6) is 11.5 Å². The van der Waals surface area contributed by atoms with Crippen LogP contribution in [0.2, 0.25) is 0 Å². The Kier molecular flexibility index (Phi) is 8.19. The minimum Gasteiger partial charge on any atom is -0.493 e. The number of amides is 1. The Hall–Kier alpha value is -2.53. The summed E-state index contributed by atoms with van der Waals surface area (Å²) in [4.78, 5) is 30.9. The van der Waals surface area contributed by atoms with Crippen LogP contribution < -0.4 is 9.47 Å². The molecule has 7 nitrogen and oxygen atoms in total. The third-order valence-electron chi connectivity index (χ3n) is 4.48. The number of aliphatic imine (C=N–C) groups is 1. The van der Waals surface area contributed by atoms with Crippen molar-refractivity contribution in [1.82, 2.24) is 4.90 Å². The van der Waals surface area contributed by atoms with Gasteiger partial charge in [0.25, 0.3) is 5.91 Å². The van der Waals surface area contributed by atoms with Crippen LogP contribution in [0, 0.1) is 10.5 Å². The molecule has 9 heteroatoms. The number of hydrogen-bond donors (Lipinski definition) is 1. The molecule has 1 heterocycles. The van der Waals surface area contributed by atoms with Crippen LogP contribution in [-0.2, 0) is 9.59 Å². The molecule has 2 aromatic carbocycles. The average molecular weight is 566 g/mol. The Morgan fingerprint density at radius 3 is 2.62 bits per heavy atom. The minimum atomic E-state index is -1.07. The second-order valence-corrected chi connectivity index (χ2v) is 9.19. The fourth-order valence-electron chi connectivity index (χ4n) is 2.99. The topological polar surface area (TPSA) is 88.4 Å². The Balaban J connectivity index is 1.93. The molecule has 1 amide bonds. The highest BCUT2D eigenvalue weighted by atomic mass is 127. The zero-order valence-corrected chi connectivity index (χ0v) is 20.9. The average Bonchev–Trinajstić information content (AvgIpc) is 3.03. The van der Waals surface area contributed by atoms with Crippen LogP contribution >= 0.6 is 34.4 Å². The number of halogens is 1. The number of benzene rings is 2. The molecule has 1 aliphatic rings. The van der Waals surface area contributed by atoms with Crippen molar-refractivity contribution < 1.29 is 24.2 Å². The molecular formula is C23H23IN2O5S. The van der Waals surface area contributed by atoms with Gasteiger partial charge < -0.3 is 14.6 Å². The number of carboxylic acids is 1. The lowest BCUT2D eigenvalue weighted by atomic mass is 10.2. The lowest BCUT2D eigenvalue weighted by molar-refractivity contribution is -0.139. The number of nitrogens with zero attached hydrogens (tertiary/aromatic N) is 2. The summed E-state index contributed by atoms with van der Waals surface area (Å²) in [7, 11) is 1.49. The van der Waals surface area contributed by atoms with Crippen molar-refractivity contribution in [2.75, 3.05) is 20.3 Å². The molecule has 0 saturated carbocycles. The van der Waals surface area contributed by atoms with Gasteiger partial charge in [0.2, 0.25) is 0 Å². The number of thioether (sulfide) groups is 1. The summed E-state index contributed by atoms with van der Waals surface area (Å²) in [5.41, 5.74) is 2.69. The van der Waals surface area contributed by atoms with Crippen LogP contribution in [-0.4, -0.2) is 47.3 Å². The van der Waals surface area contributed by atoms with Crippen LogP contribution in [0.4, 0.5) is 5.69 Å². The third kappa shape index (κ3) is 5.83. The third-order valence-corrected chi connectivity index (χ3v) is 6.29. The Morgan fingerprint density at radius 2 is 2.00 bits per heavy atom. The number of aliphatic carboxylic acids is 1. The van der Waals surface area contributed by atoms with Crippen molar-refractivity contribution in [2.45, 2.75) is 20.3 Å². The van der Waals surface area contributed by atoms with Crippen molar-refractivity contribution in [2.24, 2.45) is 4.99 Å². The Labute approximate surface area is 204 Å². The number of carbonyl (C=O) groups excluding carboxylic acids is 1. The summed E-state index contributed by atoms with van der Waals surface area (Å²) in [5, 5.41) is 9.53. The zero-order chi connectivity index (χ0) is 23.3. The number of hydrogen-bond acceptors (Lipinski definition) is 6. The first-order chi connectivity index (χ1) is 15.3. The summed E-state index contributed by atoms with van der Waals surface area (Å²) < 4.78 is 11.4. The summed E-state index contributed by atoms with van der Waals surface area (Å²) in [5.74, 6) is -0.405. The highest BCUT2D eigenvalue weighted by Crippen LogP contribution is 2.38. The molecular weight excluding hydrogens is 543 g/mol. The molecule has 32 heavy (non-hydrogen) atoms. The molecule has 1 aliphatic heterocycles. The van der Waals surface area contributed by atoms with Crippen LogP contribution in [0.3, 0.4) is 0 Å². The first kappa shape index (κ1) is 24.1. The fourth-order valence-corrected chi connectivity index (χ4v) is 4.80. The lowest BCUT2D eigenvalue weighted by Gasteiger charge is -2.14. The van der Waals surface area contributed by atoms with E-state index in [-0.39, 0.29) is 5.91 Å².